The summed E-state index contributed by atoms with van der Waals surface area (Å²) in [6.07, 6.45) is 1.40. The van der Waals surface area contributed by atoms with Crippen LogP contribution in [0.15, 0.2) is 30.5 Å². The Kier molecular flexibility index (Phi) is 4.30. The van der Waals surface area contributed by atoms with E-state index in [1.54, 1.807) is 24.3 Å². The Labute approximate surface area is 119 Å². The highest BCUT2D eigenvalue weighted by Crippen LogP contribution is 2.32. The van der Waals surface area contributed by atoms with Crippen LogP contribution < -0.4 is 4.74 Å². The minimum atomic E-state index is -0.193. The fourth-order valence-corrected chi connectivity index (χ4v) is 1.78. The van der Waals surface area contributed by atoms with Crippen molar-refractivity contribution in [1.29, 1.82) is 0 Å². The van der Waals surface area contributed by atoms with Gasteiger partial charge in [-0.2, -0.15) is 0 Å². The molecule has 0 unspecified atom stereocenters. The van der Waals surface area contributed by atoms with Crippen LogP contribution in [0.4, 0.5) is 0 Å². The number of nitrogens with zero attached hydrogens (tertiary/aromatic N) is 1. The molecule has 0 spiro atoms. The van der Waals surface area contributed by atoms with Gasteiger partial charge in [0.2, 0.25) is 5.88 Å². The highest BCUT2D eigenvalue weighted by atomic mass is 35.5. The van der Waals surface area contributed by atoms with Gasteiger partial charge in [0.25, 0.3) is 0 Å². The topological polar surface area (TPSA) is 42.4 Å². The summed E-state index contributed by atoms with van der Waals surface area (Å²) in [5.41, 5.74) is 0.528. The number of aromatic nitrogens is 1. The Morgan fingerprint density at radius 2 is 1.89 bits per heavy atom. The van der Waals surface area contributed by atoms with Crippen molar-refractivity contribution in [3.05, 3.63) is 51.1 Å². The quantitative estimate of drug-likeness (QED) is 0.918. The zero-order chi connectivity index (χ0) is 13.1. The summed E-state index contributed by atoms with van der Waals surface area (Å²) in [6.45, 7) is -0.193. The van der Waals surface area contributed by atoms with Gasteiger partial charge in [-0.3, -0.25) is 0 Å². The molecule has 18 heavy (non-hydrogen) atoms. The number of hydrogen-bond donors (Lipinski definition) is 1. The van der Waals surface area contributed by atoms with Crippen molar-refractivity contribution in [2.45, 2.75) is 6.61 Å². The van der Waals surface area contributed by atoms with Gasteiger partial charge in [-0.05, 0) is 12.1 Å². The average Bonchev–Trinajstić information content (AvgIpc) is 2.36. The van der Waals surface area contributed by atoms with Crippen molar-refractivity contribution in [2.24, 2.45) is 0 Å². The van der Waals surface area contributed by atoms with Crippen molar-refractivity contribution >= 4 is 34.8 Å². The third-order valence-corrected chi connectivity index (χ3v) is 3.08. The molecule has 3 nitrogen and oxygen atoms in total. The lowest BCUT2D eigenvalue weighted by atomic mass is 10.3. The van der Waals surface area contributed by atoms with E-state index in [2.05, 4.69) is 4.98 Å². The van der Waals surface area contributed by atoms with E-state index in [0.717, 1.165) is 0 Å². The SMILES string of the molecule is OCc1cc(Oc2cc(Cl)ccc2Cl)ncc1Cl. The van der Waals surface area contributed by atoms with Crippen molar-refractivity contribution in [1.82, 2.24) is 4.98 Å². The summed E-state index contributed by atoms with van der Waals surface area (Å²) < 4.78 is 5.49. The molecule has 2 aromatic rings. The molecule has 0 amide bonds. The molecule has 0 aliphatic carbocycles. The molecule has 0 atom stereocenters. The van der Waals surface area contributed by atoms with Crippen LogP contribution in [0.2, 0.25) is 15.1 Å². The largest absolute Gasteiger partial charge is 0.437 e. The lowest BCUT2D eigenvalue weighted by molar-refractivity contribution is 0.281. The first kappa shape index (κ1) is 13.4. The maximum Gasteiger partial charge on any atom is 0.219 e. The Morgan fingerprint density at radius 1 is 1.11 bits per heavy atom. The third-order valence-electron chi connectivity index (χ3n) is 2.19. The highest BCUT2D eigenvalue weighted by molar-refractivity contribution is 6.34. The highest BCUT2D eigenvalue weighted by Gasteiger charge is 2.07. The zero-order valence-electron chi connectivity index (χ0n) is 9.03. The molecule has 0 saturated carbocycles. The molecule has 1 N–H and O–H groups in total. The summed E-state index contributed by atoms with van der Waals surface area (Å²) in [7, 11) is 0. The van der Waals surface area contributed by atoms with Crippen LogP contribution in [-0.4, -0.2) is 10.1 Å². The number of aliphatic hydroxyl groups is 1. The molecule has 1 heterocycles. The van der Waals surface area contributed by atoms with E-state index in [1.165, 1.54) is 6.20 Å². The van der Waals surface area contributed by atoms with Crippen LogP contribution in [0, 0.1) is 0 Å². The Morgan fingerprint density at radius 3 is 2.61 bits per heavy atom. The van der Waals surface area contributed by atoms with Gasteiger partial charge in [0, 0.05) is 28.9 Å². The standard InChI is InChI=1S/C12H8Cl3NO2/c13-8-1-2-9(14)11(4-8)18-12-3-7(6-17)10(15)5-16-12/h1-5,17H,6H2. The second kappa shape index (κ2) is 5.76. The van der Waals surface area contributed by atoms with E-state index < -0.39 is 0 Å². The van der Waals surface area contributed by atoms with Gasteiger partial charge in [-0.25, -0.2) is 4.98 Å². The molecule has 0 saturated heterocycles. The van der Waals surface area contributed by atoms with Gasteiger partial charge in [-0.15, -0.1) is 0 Å². The molecule has 1 aromatic carbocycles. The number of halogens is 3. The lowest BCUT2D eigenvalue weighted by Gasteiger charge is -2.08. The summed E-state index contributed by atoms with van der Waals surface area (Å²) in [6, 6.07) is 6.41. The van der Waals surface area contributed by atoms with Crippen LogP contribution in [0.5, 0.6) is 11.6 Å². The van der Waals surface area contributed by atoms with Crippen LogP contribution >= 0.6 is 34.8 Å². The molecular formula is C12H8Cl3NO2. The smallest absolute Gasteiger partial charge is 0.219 e. The molecule has 1 aromatic heterocycles. The van der Waals surface area contributed by atoms with Gasteiger partial charge < -0.3 is 9.84 Å². The maximum atomic E-state index is 9.09. The zero-order valence-corrected chi connectivity index (χ0v) is 11.3. The number of pyridine rings is 1. The van der Waals surface area contributed by atoms with Crippen molar-refractivity contribution in [2.75, 3.05) is 0 Å². The van der Waals surface area contributed by atoms with E-state index in [1.807, 2.05) is 0 Å². The van der Waals surface area contributed by atoms with Gasteiger partial charge in [0.1, 0.15) is 5.75 Å². The van der Waals surface area contributed by atoms with E-state index in [0.29, 0.717) is 26.4 Å². The molecule has 0 aliphatic heterocycles. The lowest BCUT2D eigenvalue weighted by Crippen LogP contribution is -1.92. The molecule has 0 bridgehead atoms. The van der Waals surface area contributed by atoms with Gasteiger partial charge >= 0.3 is 0 Å². The predicted molar refractivity (Wildman–Crippen MR) is 71.7 cm³/mol. The maximum absolute atomic E-state index is 9.09. The number of rotatable bonds is 3. The van der Waals surface area contributed by atoms with E-state index in [-0.39, 0.29) is 12.5 Å². The minimum absolute atomic E-state index is 0.193. The second-order valence-corrected chi connectivity index (χ2v) is 4.70. The number of aliphatic hydroxyl groups excluding tert-OH is 1. The Hall–Kier alpha value is -1.00. The van der Waals surface area contributed by atoms with Crippen molar-refractivity contribution in [3.8, 4) is 11.6 Å². The summed E-state index contributed by atoms with van der Waals surface area (Å²) in [4.78, 5) is 3.99. The minimum Gasteiger partial charge on any atom is -0.437 e. The van der Waals surface area contributed by atoms with Crippen LogP contribution in [0.3, 0.4) is 0 Å². The second-order valence-electron chi connectivity index (χ2n) is 3.45. The fourth-order valence-electron chi connectivity index (χ4n) is 1.30. The number of ether oxygens (including phenoxy) is 1. The molecule has 6 heteroatoms. The molecule has 0 radical (unpaired) electrons. The van der Waals surface area contributed by atoms with Crippen molar-refractivity contribution in [3.63, 3.8) is 0 Å². The first-order chi connectivity index (χ1) is 8.60. The van der Waals surface area contributed by atoms with E-state index >= 15 is 0 Å². The molecule has 0 aliphatic rings. The number of benzene rings is 1. The summed E-state index contributed by atoms with van der Waals surface area (Å²) in [5, 5.41) is 10.4. The molecule has 94 valence electrons. The van der Waals surface area contributed by atoms with Crippen LogP contribution in [0.25, 0.3) is 0 Å². The summed E-state index contributed by atoms with van der Waals surface area (Å²) in [5.74, 6) is 0.676. The normalized spacial score (nSPS) is 10.4. The first-order valence-electron chi connectivity index (χ1n) is 4.98. The Balaban J connectivity index is 2.31. The molecule has 2 rings (SSSR count). The predicted octanol–water partition coefficient (Wildman–Crippen LogP) is 4.33. The fraction of sp³-hybridized carbons (Fsp3) is 0.0833. The van der Waals surface area contributed by atoms with Gasteiger partial charge in [0.05, 0.1) is 16.7 Å². The van der Waals surface area contributed by atoms with Gasteiger partial charge in [0.15, 0.2) is 0 Å². The average molecular weight is 305 g/mol. The molecular weight excluding hydrogens is 296 g/mol. The Bertz CT molecular complexity index is 575. The third kappa shape index (κ3) is 3.06. The van der Waals surface area contributed by atoms with Gasteiger partial charge in [-0.1, -0.05) is 34.8 Å². The van der Waals surface area contributed by atoms with Crippen molar-refractivity contribution < 1.29 is 9.84 Å². The van der Waals surface area contributed by atoms with E-state index in [9.17, 15) is 0 Å². The molecule has 0 fully saturated rings. The summed E-state index contributed by atoms with van der Waals surface area (Å²) >= 11 is 17.6. The first-order valence-corrected chi connectivity index (χ1v) is 6.11. The van der Waals surface area contributed by atoms with E-state index in [4.69, 9.17) is 44.6 Å². The number of hydrogen-bond acceptors (Lipinski definition) is 3. The van der Waals surface area contributed by atoms with Crippen LogP contribution in [0.1, 0.15) is 5.56 Å². The van der Waals surface area contributed by atoms with Crippen LogP contribution in [-0.2, 0) is 6.61 Å². The monoisotopic (exact) mass is 303 g/mol.